The molecule has 2 aromatic rings. The summed E-state index contributed by atoms with van der Waals surface area (Å²) in [7, 11) is 0. The molecular formula is C20H19F2NO3. The number of rotatable bonds is 7. The molecule has 1 heterocycles. The number of hydrogen-bond acceptors (Lipinski definition) is 3. The minimum Gasteiger partial charge on any atom is -0.494 e. The fourth-order valence-corrected chi connectivity index (χ4v) is 2.91. The number of ether oxygens (including phenoxy) is 1. The topological polar surface area (TPSA) is 46.6 Å². The smallest absolute Gasteiger partial charge is 0.266 e. The highest BCUT2D eigenvalue weighted by atomic mass is 19.1. The van der Waals surface area contributed by atoms with Gasteiger partial charge in [0.15, 0.2) is 0 Å². The summed E-state index contributed by atoms with van der Waals surface area (Å²) >= 11 is 0. The molecule has 0 atom stereocenters. The molecule has 0 spiro atoms. The number of carbonyl (C=O) groups excluding carboxylic acids is 2. The van der Waals surface area contributed by atoms with Gasteiger partial charge in [0.2, 0.25) is 0 Å². The lowest BCUT2D eigenvalue weighted by Gasteiger charge is -2.14. The number of fused-ring (bicyclic) bond motifs is 1. The van der Waals surface area contributed by atoms with Crippen molar-refractivity contribution in [3.63, 3.8) is 0 Å². The van der Waals surface area contributed by atoms with Crippen molar-refractivity contribution in [2.24, 2.45) is 0 Å². The Morgan fingerprint density at radius 1 is 0.923 bits per heavy atom. The molecule has 0 N–H and O–H groups in total. The van der Waals surface area contributed by atoms with Crippen LogP contribution in [0.15, 0.2) is 36.4 Å². The molecule has 1 aliphatic rings. The highest BCUT2D eigenvalue weighted by molar-refractivity contribution is 6.34. The summed E-state index contributed by atoms with van der Waals surface area (Å²) in [4.78, 5) is 25.8. The van der Waals surface area contributed by atoms with Crippen LogP contribution in [0.4, 0.5) is 14.5 Å². The van der Waals surface area contributed by atoms with E-state index in [4.69, 9.17) is 4.74 Å². The predicted molar refractivity (Wildman–Crippen MR) is 93.6 cm³/mol. The highest BCUT2D eigenvalue weighted by Crippen LogP contribution is 2.32. The Morgan fingerprint density at radius 3 is 2.42 bits per heavy atom. The third kappa shape index (κ3) is 3.45. The van der Waals surface area contributed by atoms with Crippen LogP contribution in [0.1, 0.15) is 53.3 Å². The Kier molecular flexibility index (Phi) is 5.30. The molecule has 0 aliphatic carbocycles. The number of hydrogen-bond donors (Lipinski definition) is 0. The van der Waals surface area contributed by atoms with Gasteiger partial charge in [-0.1, -0.05) is 26.2 Å². The zero-order chi connectivity index (χ0) is 18.7. The lowest BCUT2D eigenvalue weighted by Crippen LogP contribution is -2.30. The van der Waals surface area contributed by atoms with Crippen LogP contribution in [0, 0.1) is 11.6 Å². The van der Waals surface area contributed by atoms with E-state index in [1.54, 1.807) is 6.07 Å². The van der Waals surface area contributed by atoms with Gasteiger partial charge in [-0.05, 0) is 36.8 Å². The van der Waals surface area contributed by atoms with Crippen LogP contribution in [0.5, 0.6) is 5.75 Å². The highest BCUT2D eigenvalue weighted by Gasteiger charge is 2.38. The molecule has 2 aromatic carbocycles. The molecule has 0 saturated carbocycles. The summed E-state index contributed by atoms with van der Waals surface area (Å²) in [5.41, 5.74) is 0.0708. The maximum absolute atomic E-state index is 14.0. The number of benzene rings is 2. The van der Waals surface area contributed by atoms with Gasteiger partial charge < -0.3 is 4.74 Å². The summed E-state index contributed by atoms with van der Waals surface area (Å²) in [6.45, 7) is 2.65. The van der Waals surface area contributed by atoms with Gasteiger partial charge >= 0.3 is 0 Å². The van der Waals surface area contributed by atoms with Gasteiger partial charge in [-0.15, -0.1) is 0 Å². The van der Waals surface area contributed by atoms with Crippen LogP contribution >= 0.6 is 0 Å². The Labute approximate surface area is 150 Å². The van der Waals surface area contributed by atoms with Gasteiger partial charge in [-0.3, -0.25) is 9.59 Å². The van der Waals surface area contributed by atoms with Crippen molar-refractivity contribution < 1.29 is 23.1 Å². The Balaban J connectivity index is 1.79. The van der Waals surface area contributed by atoms with E-state index in [0.717, 1.165) is 42.7 Å². The van der Waals surface area contributed by atoms with Crippen LogP contribution in [0.25, 0.3) is 0 Å². The van der Waals surface area contributed by atoms with Crippen LogP contribution in [-0.2, 0) is 0 Å². The van der Waals surface area contributed by atoms with Gasteiger partial charge in [0.25, 0.3) is 11.8 Å². The number of halogens is 2. The number of imide groups is 1. The van der Waals surface area contributed by atoms with E-state index < -0.39 is 23.4 Å². The summed E-state index contributed by atoms with van der Waals surface area (Å²) in [6, 6.07) is 7.34. The lowest BCUT2D eigenvalue weighted by molar-refractivity contribution is 0.0924. The maximum atomic E-state index is 14.0. The first-order valence-corrected chi connectivity index (χ1v) is 8.63. The van der Waals surface area contributed by atoms with Crippen LogP contribution < -0.4 is 9.64 Å². The molecule has 6 heteroatoms. The molecule has 26 heavy (non-hydrogen) atoms. The minimum atomic E-state index is -0.966. The second-order valence-corrected chi connectivity index (χ2v) is 6.16. The maximum Gasteiger partial charge on any atom is 0.266 e. The van der Waals surface area contributed by atoms with E-state index in [1.165, 1.54) is 12.1 Å². The largest absolute Gasteiger partial charge is 0.494 e. The minimum absolute atomic E-state index is 0.157. The van der Waals surface area contributed by atoms with Crippen molar-refractivity contribution in [2.75, 3.05) is 11.5 Å². The molecule has 0 unspecified atom stereocenters. The van der Waals surface area contributed by atoms with Crippen LogP contribution in [0.2, 0.25) is 0 Å². The summed E-state index contributed by atoms with van der Waals surface area (Å²) < 4.78 is 32.7. The van der Waals surface area contributed by atoms with E-state index in [2.05, 4.69) is 6.92 Å². The van der Waals surface area contributed by atoms with Gasteiger partial charge in [-0.2, -0.15) is 0 Å². The van der Waals surface area contributed by atoms with Crippen molar-refractivity contribution >= 4 is 17.5 Å². The molecule has 1 aliphatic heterocycles. The number of carbonyl (C=O) groups is 2. The van der Waals surface area contributed by atoms with E-state index in [9.17, 15) is 18.4 Å². The van der Waals surface area contributed by atoms with Crippen LogP contribution in [-0.4, -0.2) is 18.4 Å². The average molecular weight is 359 g/mol. The van der Waals surface area contributed by atoms with Crippen LogP contribution in [0.3, 0.4) is 0 Å². The standard InChI is InChI=1S/C20H19F2NO3/c1-2-3-4-5-10-26-14-7-8-15-16(12-14)20(25)23(19(15)24)18-9-6-13(21)11-17(18)22/h6-9,11-12H,2-5,10H2,1H3. The Hall–Kier alpha value is -2.76. The van der Waals surface area contributed by atoms with Crippen molar-refractivity contribution in [2.45, 2.75) is 32.6 Å². The zero-order valence-corrected chi connectivity index (χ0v) is 14.4. The van der Waals surface area contributed by atoms with Crippen molar-refractivity contribution in [3.8, 4) is 5.75 Å². The molecule has 136 valence electrons. The normalized spacial score (nSPS) is 13.3. The van der Waals surface area contributed by atoms with E-state index in [-0.39, 0.29) is 16.8 Å². The predicted octanol–water partition coefficient (Wildman–Crippen LogP) is 4.72. The fourth-order valence-electron chi connectivity index (χ4n) is 2.91. The van der Waals surface area contributed by atoms with Crippen molar-refractivity contribution in [1.29, 1.82) is 0 Å². The lowest BCUT2D eigenvalue weighted by atomic mass is 10.1. The van der Waals surface area contributed by atoms with Crippen molar-refractivity contribution in [1.82, 2.24) is 0 Å². The zero-order valence-electron chi connectivity index (χ0n) is 14.4. The molecule has 3 rings (SSSR count). The van der Waals surface area contributed by atoms with Crippen molar-refractivity contribution in [3.05, 3.63) is 59.2 Å². The monoisotopic (exact) mass is 359 g/mol. The molecule has 0 fully saturated rings. The fraction of sp³-hybridized carbons (Fsp3) is 0.300. The molecule has 4 nitrogen and oxygen atoms in total. The molecule has 2 amide bonds. The molecule has 0 radical (unpaired) electrons. The first-order chi connectivity index (χ1) is 12.5. The summed E-state index contributed by atoms with van der Waals surface area (Å²) in [6.07, 6.45) is 4.24. The molecule has 0 bridgehead atoms. The summed E-state index contributed by atoms with van der Waals surface area (Å²) in [5.74, 6) is -2.53. The van der Waals surface area contributed by atoms with E-state index in [0.29, 0.717) is 18.4 Å². The number of nitrogens with zero attached hydrogens (tertiary/aromatic N) is 1. The SMILES string of the molecule is CCCCCCOc1ccc2c(c1)C(=O)N(c1ccc(F)cc1F)C2=O. The van der Waals surface area contributed by atoms with E-state index in [1.807, 2.05) is 0 Å². The first kappa shape index (κ1) is 18.0. The van der Waals surface area contributed by atoms with Gasteiger partial charge in [-0.25, -0.2) is 13.7 Å². The Bertz CT molecular complexity index is 851. The van der Waals surface area contributed by atoms with Gasteiger partial charge in [0, 0.05) is 6.07 Å². The quantitative estimate of drug-likeness (QED) is 0.531. The third-order valence-corrected chi connectivity index (χ3v) is 4.28. The molecular weight excluding hydrogens is 340 g/mol. The molecule has 0 aromatic heterocycles. The third-order valence-electron chi connectivity index (χ3n) is 4.28. The van der Waals surface area contributed by atoms with Gasteiger partial charge in [0.05, 0.1) is 23.4 Å². The second kappa shape index (κ2) is 7.64. The average Bonchev–Trinajstić information content (AvgIpc) is 2.86. The second-order valence-electron chi connectivity index (χ2n) is 6.16. The number of amides is 2. The van der Waals surface area contributed by atoms with Gasteiger partial charge in [0.1, 0.15) is 17.4 Å². The Morgan fingerprint density at radius 2 is 1.69 bits per heavy atom. The molecule has 0 saturated heterocycles. The number of unbranched alkanes of at least 4 members (excludes halogenated alkanes) is 3. The van der Waals surface area contributed by atoms with E-state index >= 15 is 0 Å². The first-order valence-electron chi connectivity index (χ1n) is 8.63. The number of anilines is 1. The summed E-state index contributed by atoms with van der Waals surface area (Å²) in [5, 5.41) is 0.